The molecule has 3 saturated heterocycles. The molecule has 7 aliphatic rings. The van der Waals surface area contributed by atoms with Crippen LogP contribution in [0.1, 0.15) is 113 Å². The maximum absolute atomic E-state index is 14.1. The molecular weight excluding hydrogens is 801 g/mol. The van der Waals surface area contributed by atoms with Gasteiger partial charge in [-0.15, -0.1) is 0 Å². The van der Waals surface area contributed by atoms with Crippen molar-refractivity contribution in [3.63, 3.8) is 0 Å². The van der Waals surface area contributed by atoms with Gasteiger partial charge in [-0.05, 0) is 100 Å². The fourth-order valence-corrected chi connectivity index (χ4v) is 11.3. The van der Waals surface area contributed by atoms with Crippen molar-refractivity contribution >= 4 is 46.6 Å². The minimum atomic E-state index is -0.889. The maximum Gasteiger partial charge on any atom is 0.407 e. The van der Waals surface area contributed by atoms with Gasteiger partial charge in [0.25, 0.3) is 0 Å². The van der Waals surface area contributed by atoms with Crippen molar-refractivity contribution in [2.45, 2.75) is 121 Å². The van der Waals surface area contributed by atoms with Crippen LogP contribution >= 0.6 is 0 Å². The molecule has 2 bridgehead atoms. The largest absolute Gasteiger partial charge is 0.453 e. The van der Waals surface area contributed by atoms with Crippen molar-refractivity contribution < 1.29 is 38.1 Å². The van der Waals surface area contributed by atoms with Gasteiger partial charge in [-0.3, -0.25) is 19.6 Å². The third kappa shape index (κ3) is 7.98. The van der Waals surface area contributed by atoms with Gasteiger partial charge in [0.15, 0.2) is 5.79 Å². The van der Waals surface area contributed by atoms with Crippen LogP contribution in [0.5, 0.6) is 0 Å². The van der Waals surface area contributed by atoms with Gasteiger partial charge in [0.1, 0.15) is 12.1 Å². The van der Waals surface area contributed by atoms with Crippen LogP contribution in [-0.2, 0) is 28.5 Å². The standard InChI is InChI=1S/C49H60N6O8/c1-27(2)43(52-47(58)60-5)45(56)54-17-7-8-39(54)37-22-34(25-51-37)36-16-15-35(41-31-13-14-32(20-31)42(36)41)30-11-9-29(10-12-30)33-21-38(50-24-33)40-23-49(62-18-19-63-49)26-55(40)46(57)44(28(3)4)53-48(59)61-6/h9-12,15-16,24-25,27-28,31-32,39-40,43-44H,7-8,13-14,17-23,26H2,1-6H3,(H,52,58)(H,53,59)/t31?,32?,39-,40-,43-,44-/m0/s1. The second-order valence-electron chi connectivity index (χ2n) is 18.9. The van der Waals surface area contributed by atoms with Crippen molar-refractivity contribution in [2.24, 2.45) is 21.8 Å². The number of alkyl carbamates (subject to hydrolysis) is 2. The Morgan fingerprint density at radius 1 is 0.698 bits per heavy atom. The van der Waals surface area contributed by atoms with Crippen LogP contribution in [-0.4, -0.2) is 116 Å². The van der Waals surface area contributed by atoms with E-state index in [1.165, 1.54) is 66.9 Å². The summed E-state index contributed by atoms with van der Waals surface area (Å²) in [5, 5.41) is 5.50. The highest BCUT2D eigenvalue weighted by molar-refractivity contribution is 6.05. The first kappa shape index (κ1) is 42.9. The number of allylic oxidation sites excluding steroid dienone is 2. The highest BCUT2D eigenvalue weighted by Gasteiger charge is 2.53. The molecular formula is C49H60N6O8. The lowest BCUT2D eigenvalue weighted by Crippen LogP contribution is -2.54. The number of aliphatic imine (C=N–C) groups is 2. The van der Waals surface area contributed by atoms with Gasteiger partial charge in [0.05, 0.1) is 46.1 Å². The quantitative estimate of drug-likeness (QED) is 0.240. The predicted octanol–water partition coefficient (Wildman–Crippen LogP) is 7.19. The molecule has 14 nitrogen and oxygen atoms in total. The zero-order chi connectivity index (χ0) is 44.2. The van der Waals surface area contributed by atoms with Gasteiger partial charge < -0.3 is 39.4 Å². The summed E-state index contributed by atoms with van der Waals surface area (Å²) in [4.78, 5) is 65.8. The van der Waals surface area contributed by atoms with Crippen molar-refractivity contribution in [1.82, 2.24) is 20.4 Å². The number of likely N-dealkylation sites (tertiary alicyclic amines) is 2. The van der Waals surface area contributed by atoms with Crippen molar-refractivity contribution in [2.75, 3.05) is 40.5 Å². The number of ether oxygens (including phenoxy) is 4. The summed E-state index contributed by atoms with van der Waals surface area (Å²) in [5.41, 5.74) is 12.0. The number of rotatable bonds is 11. The lowest BCUT2D eigenvalue weighted by molar-refractivity contribution is -0.153. The molecule has 2 unspecified atom stereocenters. The Bertz CT molecular complexity index is 2290. The van der Waals surface area contributed by atoms with Crippen molar-refractivity contribution in [3.8, 4) is 11.1 Å². The van der Waals surface area contributed by atoms with Crippen LogP contribution in [0.3, 0.4) is 0 Å². The van der Waals surface area contributed by atoms with E-state index >= 15 is 0 Å². The number of carbonyl (C=O) groups is 4. The first-order valence-corrected chi connectivity index (χ1v) is 22.8. The average Bonchev–Trinajstić information content (AvgIpc) is 4.15. The summed E-state index contributed by atoms with van der Waals surface area (Å²) in [6.45, 7) is 9.51. The van der Waals surface area contributed by atoms with E-state index in [0.29, 0.717) is 50.9 Å². The van der Waals surface area contributed by atoms with Gasteiger partial charge in [0, 0.05) is 49.6 Å². The highest BCUT2D eigenvalue weighted by atomic mass is 16.7. The lowest BCUT2D eigenvalue weighted by atomic mass is 9.80. The van der Waals surface area contributed by atoms with Crippen molar-refractivity contribution in [3.05, 3.63) is 71.1 Å². The number of hydrogen-bond acceptors (Lipinski definition) is 10. The number of carbonyl (C=O) groups excluding carboxylic acids is 4. The average molecular weight is 861 g/mol. The van der Waals surface area contributed by atoms with Crippen LogP contribution in [0.2, 0.25) is 0 Å². The zero-order valence-corrected chi connectivity index (χ0v) is 37.3. The third-order valence-corrected chi connectivity index (χ3v) is 14.4. The first-order valence-electron chi connectivity index (χ1n) is 22.8. The number of nitrogens with one attached hydrogen (secondary N) is 2. The maximum atomic E-state index is 14.1. The third-order valence-electron chi connectivity index (χ3n) is 14.4. The van der Waals surface area contributed by atoms with E-state index in [9.17, 15) is 19.2 Å². The topological polar surface area (TPSA) is 160 Å². The predicted molar refractivity (Wildman–Crippen MR) is 239 cm³/mol. The first-order chi connectivity index (χ1) is 30.4. The summed E-state index contributed by atoms with van der Waals surface area (Å²) in [5.74, 6) is -0.379. The Morgan fingerprint density at radius 2 is 1.24 bits per heavy atom. The van der Waals surface area contributed by atoms with E-state index in [0.717, 1.165) is 35.4 Å². The molecule has 5 aliphatic heterocycles. The Labute approximate surface area is 369 Å². The Kier molecular flexibility index (Phi) is 11.8. The van der Waals surface area contributed by atoms with E-state index in [-0.39, 0.29) is 42.3 Å². The molecule has 0 radical (unpaired) electrons. The summed E-state index contributed by atoms with van der Waals surface area (Å²) in [7, 11) is 2.61. The van der Waals surface area contributed by atoms with E-state index in [1.54, 1.807) is 4.90 Å². The Hall–Kier alpha value is -5.34. The van der Waals surface area contributed by atoms with Crippen LogP contribution < -0.4 is 10.6 Å². The molecule has 4 fully saturated rings. The van der Waals surface area contributed by atoms with Gasteiger partial charge in [-0.2, -0.15) is 0 Å². The van der Waals surface area contributed by atoms with E-state index in [2.05, 4.69) is 47.0 Å². The monoisotopic (exact) mass is 860 g/mol. The van der Waals surface area contributed by atoms with E-state index in [1.807, 2.05) is 45.0 Å². The Morgan fingerprint density at radius 3 is 1.86 bits per heavy atom. The van der Waals surface area contributed by atoms with Crippen LogP contribution in [0.25, 0.3) is 22.3 Å². The molecule has 6 atom stereocenters. The van der Waals surface area contributed by atoms with Gasteiger partial charge in [0.2, 0.25) is 11.8 Å². The Balaban J connectivity index is 0.899. The van der Waals surface area contributed by atoms with Gasteiger partial charge in [-0.25, -0.2) is 9.59 Å². The van der Waals surface area contributed by atoms with E-state index < -0.39 is 30.1 Å². The smallest absolute Gasteiger partial charge is 0.407 e. The molecule has 9 rings (SSSR count). The molecule has 2 aromatic carbocycles. The molecule has 2 aliphatic carbocycles. The van der Waals surface area contributed by atoms with Crippen LogP contribution in [0, 0.1) is 11.8 Å². The number of methoxy groups -OCH3 is 2. The summed E-state index contributed by atoms with van der Waals surface area (Å²) < 4.78 is 21.9. The number of amides is 4. The molecule has 4 amide bonds. The van der Waals surface area contributed by atoms with Gasteiger partial charge >= 0.3 is 12.2 Å². The van der Waals surface area contributed by atoms with E-state index in [4.69, 9.17) is 28.9 Å². The zero-order valence-electron chi connectivity index (χ0n) is 37.3. The SMILES string of the molecule is COC(=O)N[C@H](C(=O)N1CCC[C@H]1C1=NC=C(c2ccc(-c3ccc(C4=CN=C([C@@H]5CC6(CN5C(=O)[C@@H](NC(=O)OC)C(C)C)OCCO6)C4)cc3)c3c2C2CCC3C2)C1)C(C)C. The summed E-state index contributed by atoms with van der Waals surface area (Å²) in [6, 6.07) is 11.5. The molecule has 5 heterocycles. The number of nitrogens with zero attached hydrogens (tertiary/aromatic N) is 4. The van der Waals surface area contributed by atoms with Gasteiger partial charge in [-0.1, -0.05) is 64.1 Å². The van der Waals surface area contributed by atoms with Crippen LogP contribution in [0.4, 0.5) is 9.59 Å². The second kappa shape index (κ2) is 17.3. The van der Waals surface area contributed by atoms with Crippen LogP contribution in [0.15, 0.2) is 58.8 Å². The molecule has 334 valence electrons. The molecule has 2 N–H and O–H groups in total. The fraction of sp³-hybridized carbons (Fsp3) is 0.551. The number of benzene rings is 2. The minimum absolute atomic E-state index is 0.0826. The minimum Gasteiger partial charge on any atom is -0.453 e. The second-order valence-corrected chi connectivity index (χ2v) is 18.9. The fourth-order valence-electron chi connectivity index (χ4n) is 11.3. The summed E-state index contributed by atoms with van der Waals surface area (Å²) in [6.07, 6.45) is 9.79. The molecule has 0 aromatic heterocycles. The molecule has 1 spiro atoms. The number of fused-ring (bicyclic) bond motifs is 5. The number of hydrogen-bond donors (Lipinski definition) is 2. The lowest BCUT2D eigenvalue weighted by Gasteiger charge is -2.31. The van der Waals surface area contributed by atoms with Crippen molar-refractivity contribution in [1.29, 1.82) is 0 Å². The molecule has 14 heteroatoms. The highest BCUT2D eigenvalue weighted by Crippen LogP contribution is 2.58. The molecule has 2 aromatic rings. The molecule has 1 saturated carbocycles. The normalized spacial score (nSPS) is 25.3. The molecule has 63 heavy (non-hydrogen) atoms. The summed E-state index contributed by atoms with van der Waals surface area (Å²) >= 11 is 0.